The predicted octanol–water partition coefficient (Wildman–Crippen LogP) is 0.886. The van der Waals surface area contributed by atoms with Gasteiger partial charge in [0.2, 0.25) is 5.91 Å². The van der Waals surface area contributed by atoms with Gasteiger partial charge < -0.3 is 16.2 Å². The van der Waals surface area contributed by atoms with Gasteiger partial charge in [-0.25, -0.2) is 0 Å². The number of carbonyl (C=O) groups excluding carboxylic acids is 1. The van der Waals surface area contributed by atoms with Crippen LogP contribution in [0, 0.1) is 11.8 Å². The Morgan fingerprint density at radius 3 is 2.56 bits per heavy atom. The van der Waals surface area contributed by atoms with Crippen LogP contribution >= 0.6 is 0 Å². The summed E-state index contributed by atoms with van der Waals surface area (Å²) in [6.45, 7) is 5.41. The average Bonchev–Trinajstić information content (AvgIpc) is 2.26. The molecular weight excluding hydrogens is 204 g/mol. The molecule has 0 aliphatic carbocycles. The van der Waals surface area contributed by atoms with Crippen molar-refractivity contribution >= 4 is 5.91 Å². The van der Waals surface area contributed by atoms with E-state index in [1.165, 1.54) is 0 Å². The van der Waals surface area contributed by atoms with E-state index in [4.69, 9.17) is 10.8 Å². The first-order valence-corrected chi connectivity index (χ1v) is 6.24. The number of nitrogens with one attached hydrogen (secondary N) is 1. The predicted molar refractivity (Wildman–Crippen MR) is 65.9 cm³/mol. The van der Waals surface area contributed by atoms with E-state index in [0.29, 0.717) is 19.0 Å². The summed E-state index contributed by atoms with van der Waals surface area (Å²) < 4.78 is 0. The van der Waals surface area contributed by atoms with Crippen LogP contribution in [0.5, 0.6) is 0 Å². The zero-order valence-corrected chi connectivity index (χ0v) is 10.5. The van der Waals surface area contributed by atoms with Gasteiger partial charge in [-0.05, 0) is 31.7 Å². The molecule has 0 radical (unpaired) electrons. The molecule has 0 aromatic carbocycles. The molecule has 0 aromatic heterocycles. The second kappa shape index (κ2) is 9.60. The van der Waals surface area contributed by atoms with Gasteiger partial charge in [0.15, 0.2) is 0 Å². The fraction of sp³-hybridized carbons (Fsp3) is 0.917. The van der Waals surface area contributed by atoms with Crippen molar-refractivity contribution in [3.63, 3.8) is 0 Å². The minimum atomic E-state index is -0.0126. The standard InChI is InChI=1S/C12H26N2O2/c1-3-4-11(6-8-15)9-14-12(16)10(2)5-7-13/h10-11,15H,3-9,13H2,1-2H3,(H,14,16). The number of amides is 1. The van der Waals surface area contributed by atoms with E-state index in [1.807, 2.05) is 6.92 Å². The molecule has 2 unspecified atom stereocenters. The highest BCUT2D eigenvalue weighted by Gasteiger charge is 2.13. The van der Waals surface area contributed by atoms with E-state index in [2.05, 4.69) is 12.2 Å². The van der Waals surface area contributed by atoms with Gasteiger partial charge in [0, 0.05) is 19.1 Å². The summed E-state index contributed by atoms with van der Waals surface area (Å²) in [6, 6.07) is 0. The Balaban J connectivity index is 3.85. The molecular formula is C12H26N2O2. The summed E-state index contributed by atoms with van der Waals surface area (Å²) in [5.41, 5.74) is 5.41. The van der Waals surface area contributed by atoms with Crippen LogP contribution in [0.15, 0.2) is 0 Å². The van der Waals surface area contributed by atoms with Gasteiger partial charge >= 0.3 is 0 Å². The molecule has 0 saturated heterocycles. The first kappa shape index (κ1) is 15.4. The molecule has 0 heterocycles. The highest BCUT2D eigenvalue weighted by Crippen LogP contribution is 2.10. The molecule has 0 rings (SSSR count). The number of rotatable bonds is 9. The number of hydrogen-bond acceptors (Lipinski definition) is 3. The zero-order chi connectivity index (χ0) is 12.4. The summed E-state index contributed by atoms with van der Waals surface area (Å²) >= 11 is 0. The third-order valence-electron chi connectivity index (χ3n) is 2.85. The Hall–Kier alpha value is -0.610. The molecule has 0 aromatic rings. The quantitative estimate of drug-likeness (QED) is 0.550. The van der Waals surface area contributed by atoms with Crippen molar-refractivity contribution < 1.29 is 9.90 Å². The number of aliphatic hydroxyl groups is 1. The van der Waals surface area contributed by atoms with Crippen LogP contribution in [-0.2, 0) is 4.79 Å². The maximum atomic E-state index is 11.6. The van der Waals surface area contributed by atoms with Crippen LogP contribution in [0.4, 0.5) is 0 Å². The lowest BCUT2D eigenvalue weighted by Gasteiger charge is -2.17. The Bertz CT molecular complexity index is 180. The van der Waals surface area contributed by atoms with Crippen molar-refractivity contribution in [1.29, 1.82) is 0 Å². The van der Waals surface area contributed by atoms with Gasteiger partial charge in [0.05, 0.1) is 0 Å². The van der Waals surface area contributed by atoms with Crippen LogP contribution in [0.1, 0.15) is 39.5 Å². The van der Waals surface area contributed by atoms with Crippen molar-refractivity contribution in [2.45, 2.75) is 39.5 Å². The fourth-order valence-electron chi connectivity index (χ4n) is 1.74. The molecule has 0 bridgehead atoms. The number of aliphatic hydroxyl groups excluding tert-OH is 1. The van der Waals surface area contributed by atoms with Crippen LogP contribution < -0.4 is 11.1 Å². The number of hydrogen-bond donors (Lipinski definition) is 3. The SMILES string of the molecule is CCCC(CCO)CNC(=O)C(C)CCN. The molecule has 0 spiro atoms. The maximum Gasteiger partial charge on any atom is 0.222 e. The molecule has 0 fully saturated rings. The van der Waals surface area contributed by atoms with Gasteiger partial charge in [-0.15, -0.1) is 0 Å². The summed E-state index contributed by atoms with van der Waals surface area (Å²) in [4.78, 5) is 11.6. The molecule has 2 atom stereocenters. The van der Waals surface area contributed by atoms with E-state index >= 15 is 0 Å². The third kappa shape index (κ3) is 6.80. The fourth-order valence-corrected chi connectivity index (χ4v) is 1.74. The van der Waals surface area contributed by atoms with Gasteiger partial charge in [0.25, 0.3) is 0 Å². The first-order valence-electron chi connectivity index (χ1n) is 6.24. The topological polar surface area (TPSA) is 75.3 Å². The molecule has 0 saturated carbocycles. The van der Waals surface area contributed by atoms with E-state index < -0.39 is 0 Å². The molecule has 4 nitrogen and oxygen atoms in total. The van der Waals surface area contributed by atoms with Crippen molar-refractivity contribution in [3.8, 4) is 0 Å². The van der Waals surface area contributed by atoms with Gasteiger partial charge in [0.1, 0.15) is 0 Å². The Morgan fingerprint density at radius 1 is 1.38 bits per heavy atom. The van der Waals surface area contributed by atoms with Gasteiger partial charge in [-0.3, -0.25) is 4.79 Å². The number of nitrogens with two attached hydrogens (primary N) is 1. The highest BCUT2D eigenvalue weighted by atomic mass is 16.3. The lowest BCUT2D eigenvalue weighted by Crippen LogP contribution is -2.34. The minimum Gasteiger partial charge on any atom is -0.396 e. The molecule has 16 heavy (non-hydrogen) atoms. The monoisotopic (exact) mass is 230 g/mol. The van der Waals surface area contributed by atoms with Crippen molar-refractivity contribution in [3.05, 3.63) is 0 Å². The lowest BCUT2D eigenvalue weighted by molar-refractivity contribution is -0.124. The zero-order valence-electron chi connectivity index (χ0n) is 10.5. The third-order valence-corrected chi connectivity index (χ3v) is 2.85. The van der Waals surface area contributed by atoms with Crippen molar-refractivity contribution in [1.82, 2.24) is 5.32 Å². The van der Waals surface area contributed by atoms with Crippen molar-refractivity contribution in [2.24, 2.45) is 17.6 Å². The molecule has 0 aliphatic rings. The lowest BCUT2D eigenvalue weighted by atomic mass is 9.99. The molecule has 4 heteroatoms. The summed E-state index contributed by atoms with van der Waals surface area (Å²) in [6.07, 6.45) is 3.62. The van der Waals surface area contributed by atoms with E-state index in [1.54, 1.807) is 0 Å². The number of carbonyl (C=O) groups is 1. The molecule has 4 N–H and O–H groups in total. The summed E-state index contributed by atoms with van der Waals surface area (Å²) in [7, 11) is 0. The van der Waals surface area contributed by atoms with Crippen molar-refractivity contribution in [2.75, 3.05) is 19.7 Å². The second-order valence-electron chi connectivity index (χ2n) is 4.39. The maximum absolute atomic E-state index is 11.6. The molecule has 1 amide bonds. The minimum absolute atomic E-state index is 0.0126. The molecule has 0 aliphatic heterocycles. The van der Waals surface area contributed by atoms with E-state index in [-0.39, 0.29) is 18.4 Å². The Morgan fingerprint density at radius 2 is 2.06 bits per heavy atom. The largest absolute Gasteiger partial charge is 0.396 e. The average molecular weight is 230 g/mol. The Kier molecular flexibility index (Phi) is 9.24. The van der Waals surface area contributed by atoms with Crippen LogP contribution in [-0.4, -0.2) is 30.7 Å². The Labute approximate surface area is 98.6 Å². The normalized spacial score (nSPS) is 14.5. The van der Waals surface area contributed by atoms with E-state index in [9.17, 15) is 4.79 Å². The van der Waals surface area contributed by atoms with Gasteiger partial charge in [-0.2, -0.15) is 0 Å². The highest BCUT2D eigenvalue weighted by molar-refractivity contribution is 5.78. The van der Waals surface area contributed by atoms with Crippen LogP contribution in [0.3, 0.4) is 0 Å². The van der Waals surface area contributed by atoms with Crippen LogP contribution in [0.2, 0.25) is 0 Å². The van der Waals surface area contributed by atoms with Crippen LogP contribution in [0.25, 0.3) is 0 Å². The summed E-state index contributed by atoms with van der Waals surface area (Å²) in [5.74, 6) is 0.454. The van der Waals surface area contributed by atoms with Gasteiger partial charge in [-0.1, -0.05) is 20.3 Å². The van der Waals surface area contributed by atoms with E-state index in [0.717, 1.165) is 25.7 Å². The first-order chi connectivity index (χ1) is 7.65. The molecule has 96 valence electrons. The second-order valence-corrected chi connectivity index (χ2v) is 4.39. The smallest absolute Gasteiger partial charge is 0.222 e. The summed E-state index contributed by atoms with van der Waals surface area (Å²) in [5, 5.41) is 11.8.